The summed E-state index contributed by atoms with van der Waals surface area (Å²) in [5, 5.41) is 8.72. The summed E-state index contributed by atoms with van der Waals surface area (Å²) in [6.45, 7) is 1.62. The Hall–Kier alpha value is -2.57. The van der Waals surface area contributed by atoms with Gasteiger partial charge < -0.3 is 16.0 Å². The number of amides is 3. The molecule has 3 rings (SSSR count). The number of rotatable bonds is 3. The number of hydrogen-bond acceptors (Lipinski definition) is 2. The van der Waals surface area contributed by atoms with Crippen molar-refractivity contribution >= 4 is 40.8 Å². The average Bonchev–Trinajstić information content (AvgIpc) is 2.56. The Labute approximate surface area is 159 Å². The van der Waals surface area contributed by atoms with Crippen LogP contribution in [0, 0.1) is 5.82 Å². The topological polar surface area (TPSA) is 70.2 Å². The van der Waals surface area contributed by atoms with Gasteiger partial charge in [-0.05, 0) is 48.9 Å². The number of halogens is 3. The van der Waals surface area contributed by atoms with Crippen molar-refractivity contribution in [3.8, 4) is 0 Å². The smallest absolute Gasteiger partial charge is 0.319 e. The standard InChI is InChI=1S/C18H14Cl2FN3O2/c1-9-15(17(25)23-12-5-3-11(21)4-6-12)16(24-18(26)22-9)13-7-2-10(19)8-14(13)20/h2-8,16H,1H3,(H,23,25)(H2,22,24,26)/t16-/m0/s1. The maximum atomic E-state index is 13.0. The summed E-state index contributed by atoms with van der Waals surface area (Å²) in [6.07, 6.45) is 0. The maximum Gasteiger partial charge on any atom is 0.319 e. The highest BCUT2D eigenvalue weighted by Crippen LogP contribution is 2.33. The van der Waals surface area contributed by atoms with Gasteiger partial charge in [-0.25, -0.2) is 9.18 Å². The highest BCUT2D eigenvalue weighted by atomic mass is 35.5. The summed E-state index contributed by atoms with van der Waals surface area (Å²) in [4.78, 5) is 24.7. The van der Waals surface area contributed by atoms with E-state index in [0.717, 1.165) is 0 Å². The third kappa shape index (κ3) is 3.81. The minimum Gasteiger partial charge on any atom is -0.327 e. The molecule has 1 aliphatic rings. The lowest BCUT2D eigenvalue weighted by molar-refractivity contribution is -0.113. The first kappa shape index (κ1) is 18.2. The van der Waals surface area contributed by atoms with Crippen molar-refractivity contribution in [2.75, 3.05) is 5.32 Å². The van der Waals surface area contributed by atoms with Crippen LogP contribution in [0.25, 0.3) is 0 Å². The molecule has 1 aliphatic heterocycles. The maximum absolute atomic E-state index is 13.0. The van der Waals surface area contributed by atoms with Crippen LogP contribution >= 0.6 is 23.2 Å². The van der Waals surface area contributed by atoms with Gasteiger partial charge in [0.15, 0.2) is 0 Å². The number of anilines is 1. The second kappa shape index (κ2) is 7.35. The predicted octanol–water partition coefficient (Wildman–Crippen LogP) is 4.40. The molecule has 2 aromatic carbocycles. The predicted molar refractivity (Wildman–Crippen MR) is 98.6 cm³/mol. The van der Waals surface area contributed by atoms with E-state index in [2.05, 4.69) is 16.0 Å². The minimum atomic E-state index is -0.756. The lowest BCUT2D eigenvalue weighted by atomic mass is 9.94. The van der Waals surface area contributed by atoms with Crippen LogP contribution < -0.4 is 16.0 Å². The van der Waals surface area contributed by atoms with E-state index in [4.69, 9.17) is 23.2 Å². The molecule has 1 atom stereocenters. The van der Waals surface area contributed by atoms with Gasteiger partial charge in [0.2, 0.25) is 0 Å². The first-order valence-electron chi connectivity index (χ1n) is 7.65. The normalized spacial score (nSPS) is 16.8. The van der Waals surface area contributed by atoms with E-state index >= 15 is 0 Å². The lowest BCUT2D eigenvalue weighted by Crippen LogP contribution is -2.46. The Morgan fingerprint density at radius 3 is 2.50 bits per heavy atom. The molecule has 0 saturated heterocycles. The van der Waals surface area contributed by atoms with E-state index in [9.17, 15) is 14.0 Å². The third-order valence-electron chi connectivity index (χ3n) is 3.89. The van der Waals surface area contributed by atoms with Gasteiger partial charge in [0.1, 0.15) is 5.82 Å². The summed E-state index contributed by atoms with van der Waals surface area (Å²) in [5.74, 6) is -0.853. The van der Waals surface area contributed by atoms with Gasteiger partial charge in [-0.1, -0.05) is 29.3 Å². The summed E-state index contributed by atoms with van der Waals surface area (Å²) < 4.78 is 13.0. The lowest BCUT2D eigenvalue weighted by Gasteiger charge is -2.29. The molecule has 0 spiro atoms. The van der Waals surface area contributed by atoms with E-state index in [0.29, 0.717) is 27.0 Å². The van der Waals surface area contributed by atoms with Gasteiger partial charge in [0, 0.05) is 21.4 Å². The highest BCUT2D eigenvalue weighted by Gasteiger charge is 2.32. The second-order valence-electron chi connectivity index (χ2n) is 5.70. The van der Waals surface area contributed by atoms with Crippen molar-refractivity contribution in [3.05, 3.63) is 75.2 Å². The fraction of sp³-hybridized carbons (Fsp3) is 0.111. The molecule has 26 heavy (non-hydrogen) atoms. The molecule has 0 bridgehead atoms. The molecule has 0 fully saturated rings. The zero-order valence-corrected chi connectivity index (χ0v) is 15.1. The van der Waals surface area contributed by atoms with Crippen molar-refractivity contribution in [3.63, 3.8) is 0 Å². The summed E-state index contributed by atoms with van der Waals surface area (Å²) in [5.41, 5.74) is 1.65. The van der Waals surface area contributed by atoms with Crippen LogP contribution in [0.15, 0.2) is 53.7 Å². The fourth-order valence-electron chi connectivity index (χ4n) is 2.70. The fourth-order valence-corrected chi connectivity index (χ4v) is 3.21. The molecule has 0 saturated carbocycles. The molecule has 0 unspecified atom stereocenters. The molecule has 8 heteroatoms. The van der Waals surface area contributed by atoms with Gasteiger partial charge in [0.25, 0.3) is 5.91 Å². The first-order chi connectivity index (χ1) is 12.3. The zero-order valence-electron chi connectivity index (χ0n) is 13.6. The number of urea groups is 1. The molecule has 3 amide bonds. The first-order valence-corrected chi connectivity index (χ1v) is 8.41. The molecule has 134 valence electrons. The summed E-state index contributed by atoms with van der Waals surface area (Å²) >= 11 is 12.2. The van der Waals surface area contributed by atoms with Crippen LogP contribution in [0.3, 0.4) is 0 Å². The molecule has 1 heterocycles. The van der Waals surface area contributed by atoms with Gasteiger partial charge in [0.05, 0.1) is 11.6 Å². The highest BCUT2D eigenvalue weighted by molar-refractivity contribution is 6.35. The Balaban J connectivity index is 1.97. The molecular weight excluding hydrogens is 380 g/mol. The molecule has 0 radical (unpaired) electrons. The van der Waals surface area contributed by atoms with Crippen LogP contribution in [0.2, 0.25) is 10.0 Å². The van der Waals surface area contributed by atoms with Gasteiger partial charge in [-0.15, -0.1) is 0 Å². The molecule has 0 aliphatic carbocycles. The number of carbonyl (C=O) groups is 2. The molecule has 0 aromatic heterocycles. The van der Waals surface area contributed by atoms with Crippen LogP contribution in [0.5, 0.6) is 0 Å². The largest absolute Gasteiger partial charge is 0.327 e. The quantitative estimate of drug-likeness (QED) is 0.722. The molecule has 5 nitrogen and oxygen atoms in total. The zero-order chi connectivity index (χ0) is 18.8. The van der Waals surface area contributed by atoms with Crippen molar-refractivity contribution in [2.24, 2.45) is 0 Å². The van der Waals surface area contributed by atoms with Crippen molar-refractivity contribution < 1.29 is 14.0 Å². The van der Waals surface area contributed by atoms with Crippen LogP contribution in [0.1, 0.15) is 18.5 Å². The van der Waals surface area contributed by atoms with Crippen molar-refractivity contribution in [2.45, 2.75) is 13.0 Å². The minimum absolute atomic E-state index is 0.290. The Bertz CT molecular complexity index is 913. The van der Waals surface area contributed by atoms with Crippen molar-refractivity contribution in [1.82, 2.24) is 10.6 Å². The summed E-state index contributed by atoms with van der Waals surface area (Å²) in [6, 6.07) is 8.99. The van der Waals surface area contributed by atoms with E-state index in [1.54, 1.807) is 19.1 Å². The third-order valence-corrected chi connectivity index (χ3v) is 4.45. The number of nitrogens with one attached hydrogen (secondary N) is 3. The van der Waals surface area contributed by atoms with Gasteiger partial charge in [-0.2, -0.15) is 0 Å². The number of benzene rings is 2. The van der Waals surface area contributed by atoms with Crippen LogP contribution in [0.4, 0.5) is 14.9 Å². The Kier molecular flexibility index (Phi) is 5.15. The SMILES string of the molecule is CC1=C(C(=O)Nc2ccc(F)cc2)[C@H](c2ccc(Cl)cc2Cl)NC(=O)N1. The van der Waals surface area contributed by atoms with E-state index in [1.165, 1.54) is 30.3 Å². The van der Waals surface area contributed by atoms with Gasteiger partial charge in [-0.3, -0.25) is 4.79 Å². The molecule has 3 N–H and O–H groups in total. The van der Waals surface area contributed by atoms with Crippen LogP contribution in [-0.2, 0) is 4.79 Å². The Morgan fingerprint density at radius 1 is 1.15 bits per heavy atom. The summed E-state index contributed by atoms with van der Waals surface area (Å²) in [7, 11) is 0. The monoisotopic (exact) mass is 393 g/mol. The van der Waals surface area contributed by atoms with E-state index < -0.39 is 23.8 Å². The number of allylic oxidation sites excluding steroid dienone is 1. The Morgan fingerprint density at radius 2 is 1.85 bits per heavy atom. The molecular formula is C18H14Cl2FN3O2. The number of hydrogen-bond donors (Lipinski definition) is 3. The second-order valence-corrected chi connectivity index (χ2v) is 6.54. The van der Waals surface area contributed by atoms with E-state index in [-0.39, 0.29) is 5.57 Å². The van der Waals surface area contributed by atoms with Crippen LogP contribution in [-0.4, -0.2) is 11.9 Å². The van der Waals surface area contributed by atoms with Gasteiger partial charge >= 0.3 is 6.03 Å². The molecule has 2 aromatic rings. The van der Waals surface area contributed by atoms with Crippen molar-refractivity contribution in [1.29, 1.82) is 0 Å². The number of carbonyl (C=O) groups excluding carboxylic acids is 2. The van der Waals surface area contributed by atoms with E-state index in [1.807, 2.05) is 0 Å². The average molecular weight is 394 g/mol.